The van der Waals surface area contributed by atoms with Gasteiger partial charge in [-0.1, -0.05) is 17.3 Å². The highest BCUT2D eigenvalue weighted by atomic mass is 127. The van der Waals surface area contributed by atoms with Crippen LogP contribution in [0.5, 0.6) is 5.75 Å². The molecule has 1 aromatic carbocycles. The van der Waals surface area contributed by atoms with E-state index >= 15 is 0 Å². The van der Waals surface area contributed by atoms with E-state index in [1.807, 2.05) is 18.2 Å². The van der Waals surface area contributed by atoms with Crippen LogP contribution in [0.4, 0.5) is 0 Å². The molecule has 166 valence electrons. The molecule has 0 spiro atoms. The average molecular weight is 527 g/mol. The molecule has 2 heterocycles. The van der Waals surface area contributed by atoms with E-state index in [2.05, 4.69) is 39.3 Å². The van der Waals surface area contributed by atoms with Crippen LogP contribution in [0, 0.1) is 0 Å². The summed E-state index contributed by atoms with van der Waals surface area (Å²) in [6.45, 7) is 8.71. The van der Waals surface area contributed by atoms with Gasteiger partial charge in [0.25, 0.3) is 0 Å². The molecule has 8 heteroatoms. The molecule has 0 radical (unpaired) electrons. The van der Waals surface area contributed by atoms with Crippen molar-refractivity contribution in [3.63, 3.8) is 0 Å². The van der Waals surface area contributed by atoms with Crippen LogP contribution in [-0.2, 0) is 13.0 Å². The molecule has 7 nitrogen and oxygen atoms in total. The molecule has 0 unspecified atom stereocenters. The predicted molar refractivity (Wildman–Crippen MR) is 131 cm³/mol. The van der Waals surface area contributed by atoms with Crippen LogP contribution >= 0.6 is 24.0 Å². The second-order valence-corrected chi connectivity index (χ2v) is 7.29. The topological polar surface area (TPSA) is 66.1 Å². The van der Waals surface area contributed by atoms with Gasteiger partial charge in [-0.2, -0.15) is 0 Å². The lowest BCUT2D eigenvalue weighted by Gasteiger charge is -2.36. The van der Waals surface area contributed by atoms with E-state index in [0.29, 0.717) is 0 Å². The Bertz CT molecular complexity index is 728. The van der Waals surface area contributed by atoms with Gasteiger partial charge in [-0.25, -0.2) is 0 Å². The molecule has 1 fully saturated rings. The van der Waals surface area contributed by atoms with Crippen molar-refractivity contribution < 1.29 is 9.26 Å². The van der Waals surface area contributed by atoms with Gasteiger partial charge >= 0.3 is 0 Å². The normalized spacial score (nSPS) is 15.0. The van der Waals surface area contributed by atoms with Crippen LogP contribution in [0.15, 0.2) is 46.1 Å². The van der Waals surface area contributed by atoms with Gasteiger partial charge in [-0.3, -0.25) is 9.89 Å². The van der Waals surface area contributed by atoms with E-state index in [9.17, 15) is 0 Å². The summed E-state index contributed by atoms with van der Waals surface area (Å²) in [5.74, 6) is 1.95. The summed E-state index contributed by atoms with van der Waals surface area (Å²) in [6, 6.07) is 10.3. The summed E-state index contributed by atoms with van der Waals surface area (Å²) in [5.41, 5.74) is 2.35. The molecule has 1 aliphatic rings. The lowest BCUT2D eigenvalue weighted by molar-refractivity contribution is 0.169. The predicted octanol–water partition coefficient (Wildman–Crippen LogP) is 3.41. The first-order valence-corrected chi connectivity index (χ1v) is 10.6. The Morgan fingerprint density at radius 3 is 2.53 bits per heavy atom. The number of hydrogen-bond acceptors (Lipinski definition) is 5. The van der Waals surface area contributed by atoms with Gasteiger partial charge in [0.2, 0.25) is 0 Å². The summed E-state index contributed by atoms with van der Waals surface area (Å²) in [4.78, 5) is 9.64. The van der Waals surface area contributed by atoms with Crippen LogP contribution in [0.25, 0.3) is 0 Å². The summed E-state index contributed by atoms with van der Waals surface area (Å²) >= 11 is 0. The molecule has 2 aromatic rings. The number of guanidine groups is 1. The third-order valence-corrected chi connectivity index (χ3v) is 5.18. The number of benzene rings is 1. The number of nitrogens with one attached hydrogen (secondary N) is 1. The molecule has 1 N–H and O–H groups in total. The minimum atomic E-state index is 0. The van der Waals surface area contributed by atoms with Gasteiger partial charge in [0.1, 0.15) is 12.0 Å². The number of aromatic nitrogens is 1. The number of nitrogens with zero attached hydrogens (tertiary/aromatic N) is 4. The molecule has 1 saturated heterocycles. The summed E-state index contributed by atoms with van der Waals surface area (Å²) < 4.78 is 10.1. The van der Waals surface area contributed by atoms with E-state index in [-0.39, 0.29) is 24.0 Å². The number of hydrogen-bond donors (Lipinski definition) is 1. The molecule has 0 amide bonds. The molecular weight excluding hydrogens is 493 g/mol. The van der Waals surface area contributed by atoms with Crippen molar-refractivity contribution in [2.45, 2.75) is 32.7 Å². The maximum Gasteiger partial charge on any atom is 0.194 e. The van der Waals surface area contributed by atoms with Crippen LogP contribution in [-0.4, -0.2) is 67.3 Å². The highest BCUT2D eigenvalue weighted by molar-refractivity contribution is 14.0. The fourth-order valence-corrected chi connectivity index (χ4v) is 3.51. The summed E-state index contributed by atoms with van der Waals surface area (Å²) in [6.07, 6.45) is 4.95. The van der Waals surface area contributed by atoms with E-state index < -0.39 is 0 Å². The van der Waals surface area contributed by atoms with Crippen LogP contribution in [0.1, 0.15) is 31.0 Å². The Morgan fingerprint density at radius 1 is 1.13 bits per heavy atom. The van der Waals surface area contributed by atoms with Crippen molar-refractivity contribution in [1.29, 1.82) is 0 Å². The van der Waals surface area contributed by atoms with Crippen molar-refractivity contribution in [3.05, 3.63) is 47.9 Å². The van der Waals surface area contributed by atoms with Gasteiger partial charge < -0.3 is 19.5 Å². The second-order valence-electron chi connectivity index (χ2n) is 7.29. The number of aliphatic imine (C=N–C) groups is 1. The lowest BCUT2D eigenvalue weighted by Crippen LogP contribution is -2.52. The number of piperazine rings is 1. The van der Waals surface area contributed by atoms with Crippen molar-refractivity contribution in [2.75, 3.05) is 46.4 Å². The first-order chi connectivity index (χ1) is 14.3. The Kier molecular flexibility index (Phi) is 11.0. The number of unbranched alkanes of at least 4 members (excludes halogenated alkanes) is 1. The van der Waals surface area contributed by atoms with Gasteiger partial charge in [0.15, 0.2) is 5.96 Å². The zero-order valence-corrected chi connectivity index (χ0v) is 20.4. The molecule has 1 aliphatic heterocycles. The standard InChI is InChI=1S/C22H33N5O2.HI/c1-3-23-22(24-12-5-4-6-19-7-9-21(28-2)10-8-19)27-15-13-26(14-16-27)18-20-11-17-29-25-20;/h7-11,17H,3-6,12-16,18H2,1-2H3,(H,23,24);1H. The van der Waals surface area contributed by atoms with E-state index in [1.54, 1.807) is 13.4 Å². The Labute approximate surface area is 196 Å². The summed E-state index contributed by atoms with van der Waals surface area (Å²) in [5, 5.41) is 7.46. The van der Waals surface area contributed by atoms with Gasteiger partial charge in [0, 0.05) is 51.9 Å². The van der Waals surface area contributed by atoms with Crippen LogP contribution in [0.3, 0.4) is 0 Å². The number of rotatable bonds is 9. The van der Waals surface area contributed by atoms with Gasteiger partial charge in [-0.05, 0) is 43.9 Å². The Hall–Kier alpha value is -1.81. The first kappa shape index (κ1) is 24.5. The zero-order valence-electron chi connectivity index (χ0n) is 18.0. The molecule has 0 saturated carbocycles. The highest BCUT2D eigenvalue weighted by Gasteiger charge is 2.20. The third-order valence-electron chi connectivity index (χ3n) is 5.18. The van der Waals surface area contributed by atoms with Crippen molar-refractivity contribution in [3.8, 4) is 5.75 Å². The quantitative estimate of drug-likeness (QED) is 0.234. The van der Waals surface area contributed by atoms with Crippen molar-refractivity contribution >= 4 is 29.9 Å². The molecule has 0 bridgehead atoms. The van der Waals surface area contributed by atoms with Gasteiger partial charge in [-0.15, -0.1) is 24.0 Å². The number of aryl methyl sites for hydroxylation is 1. The first-order valence-electron chi connectivity index (χ1n) is 10.6. The molecule has 0 aliphatic carbocycles. The Morgan fingerprint density at radius 2 is 1.90 bits per heavy atom. The summed E-state index contributed by atoms with van der Waals surface area (Å²) in [7, 11) is 1.70. The van der Waals surface area contributed by atoms with E-state index in [1.165, 1.54) is 5.56 Å². The minimum absolute atomic E-state index is 0. The average Bonchev–Trinajstić information content (AvgIpc) is 3.27. The lowest BCUT2D eigenvalue weighted by atomic mass is 10.1. The number of ether oxygens (including phenoxy) is 1. The molecule has 0 atom stereocenters. The number of methoxy groups -OCH3 is 1. The minimum Gasteiger partial charge on any atom is -0.497 e. The smallest absolute Gasteiger partial charge is 0.194 e. The molecule has 30 heavy (non-hydrogen) atoms. The molecule has 1 aromatic heterocycles. The van der Waals surface area contributed by atoms with Crippen molar-refractivity contribution in [2.24, 2.45) is 4.99 Å². The maximum absolute atomic E-state index is 5.21. The fourth-order valence-electron chi connectivity index (χ4n) is 3.51. The highest BCUT2D eigenvalue weighted by Crippen LogP contribution is 2.13. The Balaban J connectivity index is 0.00000320. The van der Waals surface area contributed by atoms with Crippen LogP contribution < -0.4 is 10.1 Å². The maximum atomic E-state index is 5.21. The van der Waals surface area contributed by atoms with Gasteiger partial charge in [0.05, 0.1) is 12.8 Å². The van der Waals surface area contributed by atoms with E-state index in [0.717, 1.165) is 82.5 Å². The molecule has 3 rings (SSSR count). The number of halogens is 1. The van der Waals surface area contributed by atoms with E-state index in [4.69, 9.17) is 14.3 Å². The molecular formula is C22H34IN5O2. The third kappa shape index (κ3) is 7.79. The monoisotopic (exact) mass is 527 g/mol. The zero-order chi connectivity index (χ0) is 20.3. The second kappa shape index (κ2) is 13.5. The fraction of sp³-hybridized carbons (Fsp3) is 0.545. The van der Waals surface area contributed by atoms with Crippen molar-refractivity contribution in [1.82, 2.24) is 20.3 Å². The van der Waals surface area contributed by atoms with Crippen LogP contribution in [0.2, 0.25) is 0 Å². The SMILES string of the molecule is CCNC(=NCCCCc1ccc(OC)cc1)N1CCN(Cc2ccon2)CC1.I. The largest absolute Gasteiger partial charge is 0.497 e.